The Kier molecular flexibility index (Phi) is 5.16. The van der Waals surface area contributed by atoms with Crippen LogP contribution in [0, 0.1) is 13.8 Å². The largest absolute Gasteiger partial charge is 0.353 e. The van der Waals surface area contributed by atoms with E-state index in [2.05, 4.69) is 51.2 Å². The van der Waals surface area contributed by atoms with E-state index in [-0.39, 0.29) is 4.90 Å². The normalized spacial score (nSPS) is 11.6. The van der Waals surface area contributed by atoms with Gasteiger partial charge in [0.15, 0.2) is 0 Å². The Bertz CT molecular complexity index is 1390. The molecule has 0 saturated carbocycles. The molecule has 8 nitrogen and oxygen atoms in total. The van der Waals surface area contributed by atoms with Crippen LogP contribution in [0.2, 0.25) is 0 Å². The SMILES string of the molecule is Cc1ccc(Nc2nccc(N(C)c3ccc4c(C)n(C)cc4c3)n2)cc1S(N)(=O)=O. The van der Waals surface area contributed by atoms with Gasteiger partial charge >= 0.3 is 0 Å². The molecule has 0 fully saturated rings. The van der Waals surface area contributed by atoms with Crippen LogP contribution in [0.25, 0.3) is 10.8 Å². The summed E-state index contributed by atoms with van der Waals surface area (Å²) >= 11 is 0. The fraction of sp³-hybridized carbons (Fsp3) is 0.182. The van der Waals surface area contributed by atoms with Crippen molar-refractivity contribution in [1.82, 2.24) is 14.5 Å². The maximum Gasteiger partial charge on any atom is 0.238 e. The molecule has 2 aromatic heterocycles. The van der Waals surface area contributed by atoms with E-state index < -0.39 is 10.0 Å². The molecule has 4 aromatic rings. The monoisotopic (exact) mass is 436 g/mol. The van der Waals surface area contributed by atoms with Crippen LogP contribution in [0.15, 0.2) is 59.8 Å². The smallest absolute Gasteiger partial charge is 0.238 e. The quantitative estimate of drug-likeness (QED) is 0.494. The summed E-state index contributed by atoms with van der Waals surface area (Å²) in [7, 11) is 0.158. The number of fused-ring (bicyclic) bond motifs is 1. The van der Waals surface area contributed by atoms with E-state index in [9.17, 15) is 8.42 Å². The summed E-state index contributed by atoms with van der Waals surface area (Å²) in [5.74, 6) is 1.05. The topological polar surface area (TPSA) is 106 Å². The Morgan fingerprint density at radius 2 is 1.87 bits per heavy atom. The molecular weight excluding hydrogens is 412 g/mol. The molecule has 0 aliphatic heterocycles. The maximum atomic E-state index is 11.8. The number of rotatable bonds is 5. The van der Waals surface area contributed by atoms with Gasteiger partial charge in [-0.15, -0.1) is 0 Å². The van der Waals surface area contributed by atoms with Gasteiger partial charge < -0.3 is 14.8 Å². The fourth-order valence-electron chi connectivity index (χ4n) is 3.53. The van der Waals surface area contributed by atoms with Crippen LogP contribution in [0.1, 0.15) is 11.3 Å². The summed E-state index contributed by atoms with van der Waals surface area (Å²) in [6.07, 6.45) is 3.76. The van der Waals surface area contributed by atoms with Crippen LogP contribution >= 0.6 is 0 Å². The third kappa shape index (κ3) is 4.10. The van der Waals surface area contributed by atoms with E-state index in [0.717, 1.165) is 11.1 Å². The first-order valence-electron chi connectivity index (χ1n) is 9.66. The van der Waals surface area contributed by atoms with E-state index in [1.165, 1.54) is 17.1 Å². The fourth-order valence-corrected chi connectivity index (χ4v) is 4.34. The Morgan fingerprint density at radius 1 is 1.10 bits per heavy atom. The molecule has 0 aliphatic rings. The van der Waals surface area contributed by atoms with Gasteiger partial charge in [-0.3, -0.25) is 0 Å². The van der Waals surface area contributed by atoms with Gasteiger partial charge in [0.25, 0.3) is 0 Å². The summed E-state index contributed by atoms with van der Waals surface area (Å²) in [5.41, 5.74) is 3.33. The number of sulfonamides is 1. The molecule has 0 saturated heterocycles. The highest BCUT2D eigenvalue weighted by atomic mass is 32.2. The number of anilines is 4. The molecule has 3 N–H and O–H groups in total. The van der Waals surface area contributed by atoms with Crippen molar-refractivity contribution < 1.29 is 8.42 Å². The van der Waals surface area contributed by atoms with Gasteiger partial charge in [0.1, 0.15) is 5.82 Å². The second-order valence-electron chi connectivity index (χ2n) is 7.54. The van der Waals surface area contributed by atoms with Crippen molar-refractivity contribution in [3.05, 3.63) is 66.1 Å². The lowest BCUT2D eigenvalue weighted by atomic mass is 10.1. The number of benzene rings is 2. The molecule has 0 unspecified atom stereocenters. The molecule has 2 heterocycles. The van der Waals surface area contributed by atoms with Crippen LogP contribution < -0.4 is 15.4 Å². The van der Waals surface area contributed by atoms with E-state index >= 15 is 0 Å². The summed E-state index contributed by atoms with van der Waals surface area (Å²) < 4.78 is 25.7. The van der Waals surface area contributed by atoms with Gasteiger partial charge in [0, 0.05) is 54.3 Å². The van der Waals surface area contributed by atoms with Crippen molar-refractivity contribution in [3.8, 4) is 0 Å². The van der Waals surface area contributed by atoms with Crippen LogP contribution in [0.3, 0.4) is 0 Å². The molecule has 31 heavy (non-hydrogen) atoms. The van der Waals surface area contributed by atoms with Gasteiger partial charge in [-0.25, -0.2) is 18.5 Å². The van der Waals surface area contributed by atoms with Crippen molar-refractivity contribution >= 4 is 43.9 Å². The van der Waals surface area contributed by atoms with Crippen LogP contribution in [0.4, 0.5) is 23.1 Å². The zero-order valence-corrected chi connectivity index (χ0v) is 18.6. The summed E-state index contributed by atoms with van der Waals surface area (Å²) in [6.45, 7) is 3.79. The average Bonchev–Trinajstić information content (AvgIpc) is 3.01. The first-order chi connectivity index (χ1) is 14.6. The number of aromatic nitrogens is 3. The van der Waals surface area contributed by atoms with Crippen LogP contribution in [-0.4, -0.2) is 30.0 Å². The minimum absolute atomic E-state index is 0.0669. The molecule has 160 valence electrons. The number of aryl methyl sites for hydroxylation is 3. The molecular formula is C22H24N6O2S. The first kappa shape index (κ1) is 20.8. The van der Waals surface area contributed by atoms with Gasteiger partial charge in [-0.2, -0.15) is 4.98 Å². The highest BCUT2D eigenvalue weighted by Gasteiger charge is 2.14. The lowest BCUT2D eigenvalue weighted by molar-refractivity contribution is 0.597. The molecule has 0 aliphatic carbocycles. The third-order valence-electron chi connectivity index (χ3n) is 5.41. The lowest BCUT2D eigenvalue weighted by Gasteiger charge is -2.19. The lowest BCUT2D eigenvalue weighted by Crippen LogP contribution is -2.14. The minimum Gasteiger partial charge on any atom is -0.353 e. The third-order valence-corrected chi connectivity index (χ3v) is 6.46. The van der Waals surface area contributed by atoms with Gasteiger partial charge in [0.05, 0.1) is 4.90 Å². The predicted octanol–water partition coefficient (Wildman–Crippen LogP) is 3.74. The molecule has 4 rings (SSSR count). The average molecular weight is 437 g/mol. The van der Waals surface area contributed by atoms with Crippen molar-refractivity contribution in [3.63, 3.8) is 0 Å². The Labute approximate surface area is 181 Å². The molecule has 9 heteroatoms. The van der Waals surface area contributed by atoms with E-state index in [1.807, 2.05) is 25.1 Å². The Balaban J connectivity index is 1.63. The van der Waals surface area contributed by atoms with Crippen LogP contribution in [-0.2, 0) is 17.1 Å². The minimum atomic E-state index is -3.82. The summed E-state index contributed by atoms with van der Waals surface area (Å²) in [4.78, 5) is 10.9. The molecule has 0 bridgehead atoms. The zero-order valence-electron chi connectivity index (χ0n) is 17.8. The highest BCUT2D eigenvalue weighted by Crippen LogP contribution is 2.29. The van der Waals surface area contributed by atoms with Crippen molar-refractivity contribution in [2.24, 2.45) is 12.2 Å². The highest BCUT2D eigenvalue weighted by molar-refractivity contribution is 7.89. The van der Waals surface area contributed by atoms with E-state index in [0.29, 0.717) is 23.0 Å². The molecule has 0 amide bonds. The number of hydrogen-bond acceptors (Lipinski definition) is 6. The Hall–Kier alpha value is -3.43. The number of nitrogens with zero attached hydrogens (tertiary/aromatic N) is 4. The number of hydrogen-bond donors (Lipinski definition) is 2. The summed E-state index contributed by atoms with van der Waals surface area (Å²) in [6, 6.07) is 13.0. The summed E-state index contributed by atoms with van der Waals surface area (Å²) in [5, 5.41) is 10.7. The molecule has 0 atom stereocenters. The number of nitrogens with two attached hydrogens (primary N) is 1. The zero-order chi connectivity index (χ0) is 22.3. The van der Waals surface area contributed by atoms with Gasteiger partial charge in [-0.05, 0) is 49.7 Å². The first-order valence-corrected chi connectivity index (χ1v) is 11.2. The van der Waals surface area contributed by atoms with Crippen molar-refractivity contribution in [2.45, 2.75) is 18.7 Å². The standard InChI is InChI=1S/C22H24N6O2S/c1-14-5-6-17(12-20(14)31(23,29)30)25-22-24-10-9-21(26-22)28(4)18-7-8-19-15(2)27(3)13-16(19)11-18/h5-13H,1-4H3,(H2,23,29,30)(H,24,25,26). The van der Waals surface area contributed by atoms with Crippen LogP contribution in [0.5, 0.6) is 0 Å². The van der Waals surface area contributed by atoms with E-state index in [1.54, 1.807) is 25.3 Å². The molecule has 0 spiro atoms. The molecule has 2 aromatic carbocycles. The van der Waals surface area contributed by atoms with E-state index in [4.69, 9.17) is 5.14 Å². The Morgan fingerprint density at radius 3 is 2.61 bits per heavy atom. The second-order valence-corrected chi connectivity index (χ2v) is 9.07. The second kappa shape index (κ2) is 7.68. The van der Waals surface area contributed by atoms with Gasteiger partial charge in [0.2, 0.25) is 16.0 Å². The molecule has 0 radical (unpaired) electrons. The maximum absolute atomic E-state index is 11.8. The number of primary sulfonamides is 1. The number of nitrogens with one attached hydrogen (secondary N) is 1. The van der Waals surface area contributed by atoms with Crippen molar-refractivity contribution in [1.29, 1.82) is 0 Å². The van der Waals surface area contributed by atoms with Crippen molar-refractivity contribution in [2.75, 3.05) is 17.3 Å². The predicted molar refractivity (Wildman–Crippen MR) is 124 cm³/mol. The van der Waals surface area contributed by atoms with Gasteiger partial charge in [-0.1, -0.05) is 12.1 Å².